The molecule has 2 fully saturated rings. The van der Waals surface area contributed by atoms with Gasteiger partial charge in [0.2, 0.25) is 0 Å². The highest BCUT2D eigenvalue weighted by atomic mass is 19.1. The molecule has 3 rings (SSSR count). The summed E-state index contributed by atoms with van der Waals surface area (Å²) >= 11 is 0. The highest BCUT2D eigenvalue weighted by Gasteiger charge is 2.45. The number of halogens is 1. The minimum Gasteiger partial charge on any atom is -0.369 e. The van der Waals surface area contributed by atoms with E-state index in [1.54, 1.807) is 35.8 Å². The number of carbonyl (C=O) groups excluding carboxylic acids is 2. The fraction of sp³-hybridized carbons (Fsp3) is 0.579. The van der Waals surface area contributed by atoms with Crippen LogP contribution >= 0.6 is 0 Å². The van der Waals surface area contributed by atoms with E-state index in [1.807, 2.05) is 0 Å². The van der Waals surface area contributed by atoms with Crippen LogP contribution in [0.4, 0.5) is 10.1 Å². The van der Waals surface area contributed by atoms with Crippen molar-refractivity contribution in [1.82, 2.24) is 4.90 Å². The summed E-state index contributed by atoms with van der Waals surface area (Å²) in [5.74, 6) is -0.518. The highest BCUT2D eigenvalue weighted by molar-refractivity contribution is 5.95. The number of likely N-dealkylation sites (tertiary alicyclic amines) is 1. The van der Waals surface area contributed by atoms with E-state index in [9.17, 15) is 14.0 Å². The first-order valence-corrected chi connectivity index (χ1v) is 8.81. The molecule has 0 N–H and O–H groups in total. The van der Waals surface area contributed by atoms with Gasteiger partial charge in [-0.25, -0.2) is 4.39 Å². The summed E-state index contributed by atoms with van der Waals surface area (Å²) in [4.78, 5) is 28.3. The topological polar surface area (TPSA) is 59.1 Å². The number of rotatable bonds is 3. The average Bonchev–Trinajstić information content (AvgIpc) is 2.65. The number of anilines is 1. The third-order valence-electron chi connectivity index (χ3n) is 5.37. The molecule has 1 aromatic rings. The number of amides is 2. The number of nitrogens with zero attached hydrogens (tertiary/aromatic N) is 2. The van der Waals surface area contributed by atoms with Crippen LogP contribution in [0.2, 0.25) is 0 Å². The van der Waals surface area contributed by atoms with Gasteiger partial charge in [0.15, 0.2) is 0 Å². The molecule has 0 aromatic heterocycles. The second-order valence-electron chi connectivity index (χ2n) is 7.43. The van der Waals surface area contributed by atoms with Gasteiger partial charge >= 0.3 is 0 Å². The number of benzene rings is 1. The van der Waals surface area contributed by atoms with E-state index >= 15 is 0 Å². The SMILES string of the molecule is COC(C)(C)C(=O)N1CCC2(CC1)CN(c1ccc(F)cc1)C(=O)CO2. The normalized spacial score (nSPS) is 20.5. The lowest BCUT2D eigenvalue weighted by atomic mass is 9.88. The van der Waals surface area contributed by atoms with Crippen molar-refractivity contribution in [2.45, 2.75) is 37.9 Å². The molecule has 7 heteroatoms. The molecule has 2 heterocycles. The zero-order chi connectivity index (χ0) is 18.9. The van der Waals surface area contributed by atoms with Crippen LogP contribution in [0.15, 0.2) is 24.3 Å². The molecule has 2 aliphatic heterocycles. The van der Waals surface area contributed by atoms with E-state index in [4.69, 9.17) is 9.47 Å². The monoisotopic (exact) mass is 364 g/mol. The van der Waals surface area contributed by atoms with Crippen LogP contribution in [0.3, 0.4) is 0 Å². The summed E-state index contributed by atoms with van der Waals surface area (Å²) in [6.07, 6.45) is 1.28. The Morgan fingerprint density at radius 2 is 1.85 bits per heavy atom. The van der Waals surface area contributed by atoms with Crippen LogP contribution < -0.4 is 4.90 Å². The van der Waals surface area contributed by atoms with E-state index in [0.29, 0.717) is 38.2 Å². The molecule has 0 radical (unpaired) electrons. The van der Waals surface area contributed by atoms with E-state index in [0.717, 1.165) is 0 Å². The molecule has 2 amide bonds. The maximum Gasteiger partial charge on any atom is 0.254 e. The standard InChI is InChI=1S/C19H25FN2O4/c1-18(2,25-3)17(24)21-10-8-19(9-11-21)13-22(16(23)12-26-19)15-6-4-14(20)5-7-15/h4-7H,8-13H2,1-3H3. The predicted molar refractivity (Wildman–Crippen MR) is 94.3 cm³/mol. The second kappa shape index (κ2) is 6.96. The highest BCUT2D eigenvalue weighted by Crippen LogP contribution is 2.33. The van der Waals surface area contributed by atoms with Crippen molar-refractivity contribution in [3.05, 3.63) is 30.1 Å². The Morgan fingerprint density at radius 3 is 2.42 bits per heavy atom. The van der Waals surface area contributed by atoms with Gasteiger partial charge in [0, 0.05) is 25.9 Å². The molecular weight excluding hydrogens is 339 g/mol. The summed E-state index contributed by atoms with van der Waals surface area (Å²) in [6, 6.07) is 5.90. The molecule has 0 atom stereocenters. The van der Waals surface area contributed by atoms with Crippen LogP contribution in [0.25, 0.3) is 0 Å². The molecule has 1 spiro atoms. The van der Waals surface area contributed by atoms with Gasteiger partial charge in [0.25, 0.3) is 11.8 Å². The first-order chi connectivity index (χ1) is 12.3. The first-order valence-electron chi connectivity index (χ1n) is 8.81. The second-order valence-corrected chi connectivity index (χ2v) is 7.43. The number of methoxy groups -OCH3 is 1. The van der Waals surface area contributed by atoms with E-state index in [2.05, 4.69) is 0 Å². The Balaban J connectivity index is 1.69. The Kier molecular flexibility index (Phi) is 5.03. The lowest BCUT2D eigenvalue weighted by molar-refractivity contribution is -0.161. The summed E-state index contributed by atoms with van der Waals surface area (Å²) in [7, 11) is 1.53. The predicted octanol–water partition coefficient (Wildman–Crippen LogP) is 1.98. The molecule has 2 saturated heterocycles. The third-order valence-corrected chi connectivity index (χ3v) is 5.37. The van der Waals surface area contributed by atoms with E-state index in [1.165, 1.54) is 19.2 Å². The number of ether oxygens (including phenoxy) is 2. The molecule has 142 valence electrons. The number of hydrogen-bond donors (Lipinski definition) is 0. The van der Waals surface area contributed by atoms with Crippen LogP contribution in [0.1, 0.15) is 26.7 Å². The summed E-state index contributed by atoms with van der Waals surface area (Å²) in [5.41, 5.74) is -0.664. The molecule has 0 saturated carbocycles. The zero-order valence-electron chi connectivity index (χ0n) is 15.5. The van der Waals surface area contributed by atoms with Crippen molar-refractivity contribution in [3.63, 3.8) is 0 Å². The van der Waals surface area contributed by atoms with Gasteiger partial charge in [0.05, 0.1) is 12.1 Å². The molecule has 0 unspecified atom stereocenters. The number of carbonyl (C=O) groups is 2. The summed E-state index contributed by atoms with van der Waals surface area (Å²) in [6.45, 7) is 5.02. The largest absolute Gasteiger partial charge is 0.369 e. The van der Waals surface area contributed by atoms with Gasteiger partial charge in [-0.1, -0.05) is 0 Å². The van der Waals surface area contributed by atoms with Gasteiger partial charge in [-0.2, -0.15) is 0 Å². The Labute approximate surface area is 152 Å². The molecule has 0 bridgehead atoms. The minimum atomic E-state index is -0.853. The number of hydrogen-bond acceptors (Lipinski definition) is 4. The van der Waals surface area contributed by atoms with Gasteiger partial charge < -0.3 is 19.3 Å². The van der Waals surface area contributed by atoms with Gasteiger partial charge in [-0.3, -0.25) is 9.59 Å². The summed E-state index contributed by atoms with van der Waals surface area (Å²) in [5, 5.41) is 0. The quantitative estimate of drug-likeness (QED) is 0.823. The Morgan fingerprint density at radius 1 is 1.23 bits per heavy atom. The van der Waals surface area contributed by atoms with E-state index < -0.39 is 11.2 Å². The lowest BCUT2D eigenvalue weighted by Gasteiger charge is -2.47. The van der Waals surface area contributed by atoms with Crippen molar-refractivity contribution in [2.24, 2.45) is 0 Å². The molecule has 26 heavy (non-hydrogen) atoms. The van der Waals surface area contributed by atoms with Gasteiger partial charge in [-0.15, -0.1) is 0 Å². The van der Waals surface area contributed by atoms with Crippen LogP contribution in [-0.2, 0) is 19.1 Å². The fourth-order valence-electron chi connectivity index (χ4n) is 3.46. The third kappa shape index (κ3) is 3.59. The average molecular weight is 364 g/mol. The van der Waals surface area contributed by atoms with Crippen LogP contribution in [0, 0.1) is 5.82 Å². The Bertz CT molecular complexity index is 681. The first kappa shape index (κ1) is 18.8. The van der Waals surface area contributed by atoms with Crippen molar-refractivity contribution in [1.29, 1.82) is 0 Å². The zero-order valence-corrected chi connectivity index (χ0v) is 15.5. The maximum atomic E-state index is 13.2. The molecule has 2 aliphatic rings. The molecule has 6 nitrogen and oxygen atoms in total. The fourth-order valence-corrected chi connectivity index (χ4v) is 3.46. The van der Waals surface area contributed by atoms with Crippen molar-refractivity contribution in [3.8, 4) is 0 Å². The van der Waals surface area contributed by atoms with Crippen molar-refractivity contribution >= 4 is 17.5 Å². The molecular formula is C19H25FN2O4. The van der Waals surface area contributed by atoms with Crippen molar-refractivity contribution in [2.75, 3.05) is 38.3 Å². The van der Waals surface area contributed by atoms with Gasteiger partial charge in [-0.05, 0) is 51.0 Å². The van der Waals surface area contributed by atoms with Gasteiger partial charge in [0.1, 0.15) is 18.0 Å². The molecule has 1 aromatic carbocycles. The van der Waals surface area contributed by atoms with E-state index in [-0.39, 0.29) is 24.2 Å². The number of piperidine rings is 1. The minimum absolute atomic E-state index is 0.00507. The smallest absolute Gasteiger partial charge is 0.254 e. The number of morpholine rings is 1. The van der Waals surface area contributed by atoms with Crippen molar-refractivity contribution < 1.29 is 23.5 Å². The maximum absolute atomic E-state index is 13.2. The van der Waals surface area contributed by atoms with Crippen LogP contribution in [-0.4, -0.2) is 61.3 Å². The summed E-state index contributed by atoms with van der Waals surface area (Å²) < 4.78 is 24.3. The lowest BCUT2D eigenvalue weighted by Crippen LogP contribution is -2.60. The Hall–Kier alpha value is -1.99. The van der Waals surface area contributed by atoms with Crippen LogP contribution in [0.5, 0.6) is 0 Å². The molecule has 0 aliphatic carbocycles.